The average Bonchev–Trinajstić information content (AvgIpc) is 2.91. The molecule has 1 amide bonds. The first-order chi connectivity index (χ1) is 9.66. The molecule has 0 bridgehead atoms. The maximum atomic E-state index is 12.4. The maximum Gasteiger partial charge on any atom is 0.256 e. The Labute approximate surface area is 115 Å². The highest BCUT2D eigenvalue weighted by molar-refractivity contribution is 6.09. The van der Waals surface area contributed by atoms with Gasteiger partial charge in [-0.1, -0.05) is 12.1 Å². The number of nitrogens with one attached hydrogen (secondary N) is 2. The lowest BCUT2D eigenvalue weighted by atomic mass is 10.1. The molecule has 5 heteroatoms. The van der Waals surface area contributed by atoms with E-state index in [0.29, 0.717) is 11.3 Å². The van der Waals surface area contributed by atoms with Gasteiger partial charge in [-0.05, 0) is 36.8 Å². The van der Waals surface area contributed by atoms with Gasteiger partial charge in [0.05, 0.1) is 17.4 Å². The Balaban J connectivity index is 1.97. The van der Waals surface area contributed by atoms with Gasteiger partial charge in [0.25, 0.3) is 5.91 Å². The van der Waals surface area contributed by atoms with Crippen LogP contribution in [0.25, 0.3) is 10.9 Å². The van der Waals surface area contributed by atoms with Gasteiger partial charge >= 0.3 is 0 Å². The zero-order valence-corrected chi connectivity index (χ0v) is 11.0. The van der Waals surface area contributed by atoms with Gasteiger partial charge in [-0.2, -0.15) is 5.10 Å². The average molecular weight is 266 g/mol. The predicted octanol–water partition coefficient (Wildman–Crippen LogP) is 2.71. The van der Waals surface area contributed by atoms with Crippen LogP contribution in [0.3, 0.4) is 0 Å². The van der Waals surface area contributed by atoms with E-state index in [4.69, 9.17) is 5.73 Å². The number of rotatable bonds is 2. The van der Waals surface area contributed by atoms with Crippen LogP contribution in [0, 0.1) is 6.92 Å². The van der Waals surface area contributed by atoms with E-state index in [9.17, 15) is 4.79 Å². The highest BCUT2D eigenvalue weighted by Crippen LogP contribution is 2.23. The van der Waals surface area contributed by atoms with E-state index in [-0.39, 0.29) is 5.91 Å². The molecule has 3 rings (SSSR count). The number of aromatic amines is 1. The number of carbonyl (C=O) groups is 1. The molecule has 20 heavy (non-hydrogen) atoms. The second kappa shape index (κ2) is 4.70. The van der Waals surface area contributed by atoms with Gasteiger partial charge in [-0.3, -0.25) is 9.89 Å². The molecule has 0 aliphatic carbocycles. The van der Waals surface area contributed by atoms with Gasteiger partial charge in [0.15, 0.2) is 0 Å². The Morgan fingerprint density at radius 3 is 2.90 bits per heavy atom. The zero-order chi connectivity index (χ0) is 14.1. The van der Waals surface area contributed by atoms with Gasteiger partial charge < -0.3 is 11.1 Å². The van der Waals surface area contributed by atoms with Crippen LogP contribution < -0.4 is 11.1 Å². The van der Waals surface area contributed by atoms with Crippen molar-refractivity contribution in [2.75, 3.05) is 11.1 Å². The van der Waals surface area contributed by atoms with Crippen LogP contribution >= 0.6 is 0 Å². The standard InChI is InChI=1S/C15H14N4O/c1-9-10(4-2-5-12(9)16)15(20)18-13-6-3-7-14-11(13)8-17-19-14/h2-8H,16H2,1H3,(H,17,19)(H,18,20). The van der Waals surface area contributed by atoms with Crippen molar-refractivity contribution in [3.8, 4) is 0 Å². The van der Waals surface area contributed by atoms with E-state index in [0.717, 1.165) is 22.2 Å². The highest BCUT2D eigenvalue weighted by atomic mass is 16.1. The topological polar surface area (TPSA) is 83.8 Å². The largest absolute Gasteiger partial charge is 0.398 e. The monoisotopic (exact) mass is 266 g/mol. The molecule has 0 spiro atoms. The first-order valence-corrected chi connectivity index (χ1v) is 6.25. The van der Waals surface area contributed by atoms with E-state index in [1.807, 2.05) is 25.1 Å². The number of amides is 1. The van der Waals surface area contributed by atoms with Crippen molar-refractivity contribution in [1.29, 1.82) is 0 Å². The summed E-state index contributed by atoms with van der Waals surface area (Å²) < 4.78 is 0. The molecule has 0 aliphatic rings. The maximum absolute atomic E-state index is 12.4. The van der Waals surface area contributed by atoms with Gasteiger partial charge in [-0.25, -0.2) is 0 Å². The predicted molar refractivity (Wildman–Crippen MR) is 79.6 cm³/mol. The van der Waals surface area contributed by atoms with Crippen LogP contribution in [0.4, 0.5) is 11.4 Å². The normalized spacial score (nSPS) is 10.7. The van der Waals surface area contributed by atoms with Crippen molar-refractivity contribution in [2.45, 2.75) is 6.92 Å². The molecule has 0 saturated heterocycles. The summed E-state index contributed by atoms with van der Waals surface area (Å²) in [4.78, 5) is 12.4. The molecule has 2 aromatic carbocycles. The molecule has 3 aromatic rings. The molecule has 0 fully saturated rings. The summed E-state index contributed by atoms with van der Waals surface area (Å²) in [6.07, 6.45) is 1.69. The summed E-state index contributed by atoms with van der Waals surface area (Å²) in [6.45, 7) is 1.84. The summed E-state index contributed by atoms with van der Waals surface area (Å²) in [6, 6.07) is 10.9. The molecule has 4 N–H and O–H groups in total. The highest BCUT2D eigenvalue weighted by Gasteiger charge is 2.12. The van der Waals surface area contributed by atoms with Crippen LogP contribution in [0.15, 0.2) is 42.6 Å². The molecule has 1 heterocycles. The van der Waals surface area contributed by atoms with Crippen LogP contribution in [0.2, 0.25) is 0 Å². The van der Waals surface area contributed by atoms with E-state index >= 15 is 0 Å². The zero-order valence-electron chi connectivity index (χ0n) is 11.0. The number of hydrogen-bond acceptors (Lipinski definition) is 3. The Kier molecular flexibility index (Phi) is 2.87. The fraction of sp³-hybridized carbons (Fsp3) is 0.0667. The fourth-order valence-electron chi connectivity index (χ4n) is 2.17. The van der Waals surface area contributed by atoms with Gasteiger partial charge in [0.2, 0.25) is 0 Å². The minimum Gasteiger partial charge on any atom is -0.398 e. The molecule has 0 radical (unpaired) electrons. The van der Waals surface area contributed by atoms with E-state index in [1.54, 1.807) is 24.4 Å². The number of carbonyl (C=O) groups excluding carboxylic acids is 1. The summed E-state index contributed by atoms with van der Waals surface area (Å²) in [5.41, 5.74) is 9.40. The van der Waals surface area contributed by atoms with Crippen molar-refractivity contribution in [3.05, 3.63) is 53.7 Å². The van der Waals surface area contributed by atoms with Crippen LogP contribution in [-0.2, 0) is 0 Å². The Bertz CT molecular complexity index is 791. The first kappa shape index (κ1) is 12.2. The molecule has 0 unspecified atom stereocenters. The lowest BCUT2D eigenvalue weighted by Crippen LogP contribution is -2.14. The quantitative estimate of drug-likeness (QED) is 0.623. The Hall–Kier alpha value is -2.82. The van der Waals surface area contributed by atoms with E-state index in [1.165, 1.54) is 0 Å². The smallest absolute Gasteiger partial charge is 0.256 e. The summed E-state index contributed by atoms with van der Waals surface area (Å²) in [5, 5.41) is 10.6. The third-order valence-electron chi connectivity index (χ3n) is 3.35. The number of nitrogens with two attached hydrogens (primary N) is 1. The second-order valence-electron chi connectivity index (χ2n) is 4.61. The molecule has 100 valence electrons. The van der Waals surface area contributed by atoms with Gasteiger partial charge in [0.1, 0.15) is 0 Å². The van der Waals surface area contributed by atoms with E-state index in [2.05, 4.69) is 15.5 Å². The van der Waals surface area contributed by atoms with Crippen molar-refractivity contribution < 1.29 is 4.79 Å². The van der Waals surface area contributed by atoms with Crippen molar-refractivity contribution in [2.24, 2.45) is 0 Å². The van der Waals surface area contributed by atoms with Crippen LogP contribution in [0.5, 0.6) is 0 Å². The number of anilines is 2. The molecule has 1 aromatic heterocycles. The third-order valence-corrected chi connectivity index (χ3v) is 3.35. The van der Waals surface area contributed by atoms with Crippen LogP contribution in [0.1, 0.15) is 15.9 Å². The number of H-pyrrole nitrogens is 1. The minimum atomic E-state index is -0.177. The van der Waals surface area contributed by atoms with Gasteiger partial charge in [-0.15, -0.1) is 0 Å². The second-order valence-corrected chi connectivity index (χ2v) is 4.61. The lowest BCUT2D eigenvalue weighted by molar-refractivity contribution is 0.102. The summed E-state index contributed by atoms with van der Waals surface area (Å²) in [5.74, 6) is -0.177. The summed E-state index contributed by atoms with van der Waals surface area (Å²) in [7, 11) is 0. The molecule has 5 nitrogen and oxygen atoms in total. The molecule has 0 atom stereocenters. The molecule has 0 aliphatic heterocycles. The number of benzene rings is 2. The number of fused-ring (bicyclic) bond motifs is 1. The molecular formula is C15H14N4O. The number of nitrogen functional groups attached to an aromatic ring is 1. The van der Waals surface area contributed by atoms with Gasteiger partial charge in [0, 0.05) is 16.6 Å². The lowest BCUT2D eigenvalue weighted by Gasteiger charge is -2.10. The van der Waals surface area contributed by atoms with Crippen LogP contribution in [-0.4, -0.2) is 16.1 Å². The SMILES string of the molecule is Cc1c(N)cccc1C(=O)Nc1cccc2[nH]ncc12. The van der Waals surface area contributed by atoms with Crippen molar-refractivity contribution in [1.82, 2.24) is 10.2 Å². The third kappa shape index (κ3) is 1.99. The number of aromatic nitrogens is 2. The molecule has 0 saturated carbocycles. The van der Waals surface area contributed by atoms with E-state index < -0.39 is 0 Å². The fourth-order valence-corrected chi connectivity index (χ4v) is 2.17. The first-order valence-electron chi connectivity index (χ1n) is 6.25. The Morgan fingerprint density at radius 2 is 2.05 bits per heavy atom. The molecular weight excluding hydrogens is 252 g/mol. The Morgan fingerprint density at radius 1 is 1.25 bits per heavy atom. The summed E-state index contributed by atoms with van der Waals surface area (Å²) >= 11 is 0. The number of nitrogens with zero attached hydrogens (tertiary/aromatic N) is 1. The van der Waals surface area contributed by atoms with Crippen molar-refractivity contribution in [3.63, 3.8) is 0 Å². The number of hydrogen-bond donors (Lipinski definition) is 3. The minimum absolute atomic E-state index is 0.177. The van der Waals surface area contributed by atoms with Crippen molar-refractivity contribution >= 4 is 28.2 Å².